The predicted molar refractivity (Wildman–Crippen MR) is 137 cm³/mol. The fourth-order valence-corrected chi connectivity index (χ4v) is 6.40. The number of rotatable bonds is 6. The van der Waals surface area contributed by atoms with Gasteiger partial charge in [0.25, 0.3) is 10.0 Å². The van der Waals surface area contributed by atoms with E-state index < -0.39 is 10.0 Å². The van der Waals surface area contributed by atoms with E-state index in [0.29, 0.717) is 21.4 Å². The summed E-state index contributed by atoms with van der Waals surface area (Å²) in [6, 6.07) is 25.9. The first-order valence-electron chi connectivity index (χ1n) is 10.0. The minimum atomic E-state index is -3.78. The van der Waals surface area contributed by atoms with E-state index in [1.807, 2.05) is 60.7 Å². The summed E-state index contributed by atoms with van der Waals surface area (Å²) in [5.74, 6) is 0.0950. The molecule has 164 valence electrons. The number of hydrogen-bond donors (Lipinski definition) is 2. The second-order valence-electron chi connectivity index (χ2n) is 7.23. The molecule has 33 heavy (non-hydrogen) atoms. The number of sulfonamides is 1. The Bertz CT molecular complexity index is 1560. The van der Waals surface area contributed by atoms with Crippen LogP contribution in [0.3, 0.4) is 0 Å². The van der Waals surface area contributed by atoms with Crippen LogP contribution in [0.2, 0.25) is 0 Å². The maximum Gasteiger partial charge on any atom is 0.255 e. The molecular weight excluding hydrogens is 472 g/mol. The van der Waals surface area contributed by atoms with E-state index >= 15 is 0 Å². The number of fused-ring (bicyclic) bond motifs is 2. The molecule has 0 aliphatic heterocycles. The number of phenols is 1. The monoisotopic (exact) mass is 490 g/mol. The van der Waals surface area contributed by atoms with Crippen LogP contribution in [0, 0.1) is 0 Å². The van der Waals surface area contributed by atoms with Gasteiger partial charge < -0.3 is 5.11 Å². The molecular formula is C25H18N2O3S3. The highest BCUT2D eigenvalue weighted by Crippen LogP contribution is 2.44. The summed E-state index contributed by atoms with van der Waals surface area (Å²) < 4.78 is 30.1. The summed E-state index contributed by atoms with van der Waals surface area (Å²) in [5.41, 5.74) is 2.06. The minimum Gasteiger partial charge on any atom is -0.506 e. The molecule has 0 saturated heterocycles. The maximum absolute atomic E-state index is 12.8. The molecule has 0 bridgehead atoms. The van der Waals surface area contributed by atoms with Gasteiger partial charge >= 0.3 is 0 Å². The summed E-state index contributed by atoms with van der Waals surface area (Å²) >= 11 is 2.83. The lowest BCUT2D eigenvalue weighted by Gasteiger charge is -2.13. The summed E-state index contributed by atoms with van der Waals surface area (Å²) in [6.07, 6.45) is 1.54. The van der Waals surface area contributed by atoms with E-state index in [-0.39, 0.29) is 5.75 Å². The molecule has 2 N–H and O–H groups in total. The van der Waals surface area contributed by atoms with Gasteiger partial charge in [-0.25, -0.2) is 13.4 Å². The number of nitrogens with one attached hydrogen (secondary N) is 1. The van der Waals surface area contributed by atoms with Gasteiger partial charge in [-0.1, -0.05) is 78.5 Å². The van der Waals surface area contributed by atoms with Crippen LogP contribution in [0.5, 0.6) is 5.75 Å². The molecule has 0 aliphatic carbocycles. The van der Waals surface area contributed by atoms with E-state index in [1.54, 1.807) is 30.3 Å². The number of thiazole rings is 1. The average molecular weight is 491 g/mol. The lowest BCUT2D eigenvalue weighted by Crippen LogP contribution is -2.09. The van der Waals surface area contributed by atoms with Crippen molar-refractivity contribution in [3.8, 4) is 5.75 Å². The number of aromatic nitrogens is 1. The number of benzene rings is 4. The first-order chi connectivity index (χ1) is 16.0. The minimum absolute atomic E-state index is 0.0950. The summed E-state index contributed by atoms with van der Waals surface area (Å²) in [6.45, 7) is 0. The third kappa shape index (κ3) is 4.73. The topological polar surface area (TPSA) is 79.3 Å². The van der Waals surface area contributed by atoms with Crippen LogP contribution < -0.4 is 4.72 Å². The predicted octanol–water partition coefficient (Wildman–Crippen LogP) is 6.72. The molecule has 0 spiro atoms. The lowest BCUT2D eigenvalue weighted by molar-refractivity contribution is 0.469. The van der Waals surface area contributed by atoms with Crippen molar-refractivity contribution in [3.63, 3.8) is 0 Å². The lowest BCUT2D eigenvalue weighted by atomic mass is 10.1. The number of para-hydroxylation sites is 1. The molecule has 8 heteroatoms. The van der Waals surface area contributed by atoms with Gasteiger partial charge in [-0.3, -0.25) is 4.72 Å². The zero-order valence-corrected chi connectivity index (χ0v) is 19.6. The Balaban J connectivity index is 1.52. The molecule has 5 rings (SSSR count). The van der Waals surface area contributed by atoms with Crippen molar-refractivity contribution >= 4 is 65.9 Å². The molecule has 1 aromatic heterocycles. The average Bonchev–Trinajstić information content (AvgIpc) is 3.24. The highest BCUT2D eigenvalue weighted by molar-refractivity contribution is 8.01. The number of phenolic OH excluding ortho intramolecular Hbond substituents is 1. The maximum atomic E-state index is 12.8. The Morgan fingerprint density at radius 1 is 0.909 bits per heavy atom. The van der Waals surface area contributed by atoms with Crippen LogP contribution in [-0.4, -0.2) is 18.5 Å². The SMILES string of the molecule is O=S(=O)(C=Cc1ccccc1)Nc1cc(Sc2nc3ccccc3s2)c(O)c2ccccc12. The van der Waals surface area contributed by atoms with Gasteiger partial charge in [0.1, 0.15) is 5.75 Å². The Morgan fingerprint density at radius 2 is 1.61 bits per heavy atom. The molecule has 1 heterocycles. The van der Waals surface area contributed by atoms with Gasteiger partial charge in [-0.2, -0.15) is 0 Å². The fourth-order valence-electron chi connectivity index (χ4n) is 3.41. The molecule has 0 atom stereocenters. The highest BCUT2D eigenvalue weighted by Gasteiger charge is 2.17. The van der Waals surface area contributed by atoms with Crippen molar-refractivity contribution in [1.29, 1.82) is 0 Å². The van der Waals surface area contributed by atoms with Gasteiger partial charge in [0.05, 0.1) is 26.2 Å². The molecule has 0 fully saturated rings. The number of anilines is 1. The highest BCUT2D eigenvalue weighted by atomic mass is 32.2. The standard InChI is InChI=1S/C25H18N2O3S3/c28-24-19-11-5-4-10-18(19)21(27-33(29,30)15-14-17-8-2-1-3-9-17)16-23(24)32-25-26-20-12-6-7-13-22(20)31-25/h1-16,27-28H. The van der Waals surface area contributed by atoms with E-state index in [9.17, 15) is 13.5 Å². The second-order valence-corrected chi connectivity index (χ2v) is 11.1. The zero-order valence-electron chi connectivity index (χ0n) is 17.2. The first kappa shape index (κ1) is 21.5. The van der Waals surface area contributed by atoms with Crippen LogP contribution in [0.1, 0.15) is 5.56 Å². The Labute approximate surface area is 199 Å². The van der Waals surface area contributed by atoms with E-state index in [2.05, 4.69) is 9.71 Å². The third-order valence-electron chi connectivity index (χ3n) is 4.94. The van der Waals surface area contributed by atoms with Crippen LogP contribution in [0.4, 0.5) is 5.69 Å². The Hall–Kier alpha value is -3.33. The van der Waals surface area contributed by atoms with Crippen LogP contribution in [-0.2, 0) is 10.0 Å². The number of aromatic hydroxyl groups is 1. The summed E-state index contributed by atoms with van der Waals surface area (Å²) in [4.78, 5) is 5.14. The van der Waals surface area contributed by atoms with Crippen LogP contribution in [0.15, 0.2) is 99.6 Å². The molecule has 5 aromatic rings. The number of nitrogens with zero attached hydrogens (tertiary/aromatic N) is 1. The Morgan fingerprint density at radius 3 is 2.39 bits per heavy atom. The van der Waals surface area contributed by atoms with Crippen molar-refractivity contribution in [3.05, 3.63) is 95.9 Å². The van der Waals surface area contributed by atoms with Crippen LogP contribution in [0.25, 0.3) is 27.1 Å². The third-order valence-corrected chi connectivity index (χ3v) is 8.07. The summed E-state index contributed by atoms with van der Waals surface area (Å²) in [7, 11) is -3.78. The second kappa shape index (κ2) is 8.90. The summed E-state index contributed by atoms with van der Waals surface area (Å²) in [5, 5.41) is 13.2. The van der Waals surface area contributed by atoms with Crippen molar-refractivity contribution in [1.82, 2.24) is 4.98 Å². The van der Waals surface area contributed by atoms with E-state index in [0.717, 1.165) is 25.5 Å². The van der Waals surface area contributed by atoms with Crippen molar-refractivity contribution in [2.45, 2.75) is 9.24 Å². The van der Waals surface area contributed by atoms with Gasteiger partial charge in [0, 0.05) is 10.8 Å². The quantitative estimate of drug-likeness (QED) is 0.258. The molecule has 0 unspecified atom stereocenters. The van der Waals surface area contributed by atoms with Gasteiger partial charge in [-0.15, -0.1) is 11.3 Å². The van der Waals surface area contributed by atoms with E-state index in [4.69, 9.17) is 0 Å². The van der Waals surface area contributed by atoms with Gasteiger partial charge in [0.2, 0.25) is 0 Å². The van der Waals surface area contributed by atoms with Gasteiger partial charge in [0.15, 0.2) is 4.34 Å². The molecule has 0 radical (unpaired) electrons. The smallest absolute Gasteiger partial charge is 0.255 e. The fraction of sp³-hybridized carbons (Fsp3) is 0. The largest absolute Gasteiger partial charge is 0.506 e. The molecule has 5 nitrogen and oxygen atoms in total. The molecule has 0 aliphatic rings. The van der Waals surface area contributed by atoms with Crippen molar-refractivity contribution < 1.29 is 13.5 Å². The molecule has 4 aromatic carbocycles. The zero-order chi connectivity index (χ0) is 22.8. The van der Waals surface area contributed by atoms with E-state index in [1.165, 1.54) is 23.1 Å². The Kier molecular flexibility index (Phi) is 5.80. The normalized spacial score (nSPS) is 12.0. The van der Waals surface area contributed by atoms with Crippen LogP contribution >= 0.6 is 23.1 Å². The molecule has 0 saturated carbocycles. The molecule has 0 amide bonds. The van der Waals surface area contributed by atoms with Crippen molar-refractivity contribution in [2.24, 2.45) is 0 Å². The van der Waals surface area contributed by atoms with Crippen molar-refractivity contribution in [2.75, 3.05) is 4.72 Å². The number of hydrogen-bond acceptors (Lipinski definition) is 6. The first-order valence-corrected chi connectivity index (χ1v) is 13.2. The van der Waals surface area contributed by atoms with Gasteiger partial charge in [-0.05, 0) is 29.8 Å².